The smallest absolute Gasteiger partial charge is 0.314 e. The molecule has 1 nitrogen and oxygen atoms in total. The highest BCUT2D eigenvalue weighted by Crippen LogP contribution is 2.25. The van der Waals surface area contributed by atoms with Gasteiger partial charge in [-0.25, -0.2) is 0 Å². The summed E-state index contributed by atoms with van der Waals surface area (Å²) < 4.78 is 36.1. The van der Waals surface area contributed by atoms with E-state index in [0.29, 0.717) is 12.3 Å². The average Bonchev–Trinajstić information content (AvgIpc) is 2.17. The minimum Gasteiger partial charge on any atom is -0.314 e. The van der Waals surface area contributed by atoms with Crippen molar-refractivity contribution in [1.29, 1.82) is 0 Å². The van der Waals surface area contributed by atoms with Gasteiger partial charge in [-0.1, -0.05) is 33.6 Å². The Morgan fingerprint density at radius 1 is 1.06 bits per heavy atom. The number of rotatable bonds is 8. The van der Waals surface area contributed by atoms with Gasteiger partial charge < -0.3 is 5.32 Å². The fourth-order valence-electron chi connectivity index (χ4n) is 2.15. The molecule has 4 heteroatoms. The van der Waals surface area contributed by atoms with Crippen LogP contribution in [0.15, 0.2) is 0 Å². The third kappa shape index (κ3) is 7.09. The highest BCUT2D eigenvalue weighted by molar-refractivity contribution is 4.74. The Bertz CT molecular complexity index is 164. The van der Waals surface area contributed by atoms with Gasteiger partial charge in [0.15, 0.2) is 0 Å². The van der Waals surface area contributed by atoms with Crippen LogP contribution in [-0.2, 0) is 0 Å². The van der Waals surface area contributed by atoms with Crippen LogP contribution in [0, 0.1) is 5.92 Å². The minimum atomic E-state index is -4.01. The molecule has 0 aliphatic rings. The molecule has 16 heavy (non-hydrogen) atoms. The Morgan fingerprint density at radius 3 is 2.00 bits per heavy atom. The zero-order chi connectivity index (χ0) is 12.6. The Morgan fingerprint density at radius 2 is 1.62 bits per heavy atom. The molecule has 1 atom stereocenters. The fourth-order valence-corrected chi connectivity index (χ4v) is 2.15. The molecule has 98 valence electrons. The van der Waals surface area contributed by atoms with Gasteiger partial charge in [0, 0.05) is 12.5 Å². The van der Waals surface area contributed by atoms with Crippen LogP contribution in [0.25, 0.3) is 0 Å². The predicted molar refractivity (Wildman–Crippen MR) is 61.4 cm³/mol. The standard InChI is InChI=1S/C12H24F3N/c1-4-10(5-2)11(16-6-3)8-7-9-12(13,14)15/h10-11,16H,4-9H2,1-3H3. The monoisotopic (exact) mass is 239 g/mol. The summed E-state index contributed by atoms with van der Waals surface area (Å²) >= 11 is 0. The normalized spacial score (nSPS) is 14.4. The van der Waals surface area contributed by atoms with E-state index in [1.54, 1.807) is 0 Å². The molecule has 0 bridgehead atoms. The molecule has 0 fully saturated rings. The van der Waals surface area contributed by atoms with Gasteiger partial charge in [0.2, 0.25) is 0 Å². The highest BCUT2D eigenvalue weighted by Gasteiger charge is 2.27. The molecule has 0 rings (SSSR count). The average molecular weight is 239 g/mol. The number of halogens is 3. The topological polar surface area (TPSA) is 12.0 Å². The number of nitrogens with one attached hydrogen (secondary N) is 1. The van der Waals surface area contributed by atoms with Gasteiger partial charge in [-0.15, -0.1) is 0 Å². The number of hydrogen-bond donors (Lipinski definition) is 1. The molecule has 0 aromatic rings. The van der Waals surface area contributed by atoms with Crippen LogP contribution in [0.5, 0.6) is 0 Å². The predicted octanol–water partition coefficient (Wildman–Crippen LogP) is 4.13. The lowest BCUT2D eigenvalue weighted by Gasteiger charge is -2.26. The molecule has 0 aliphatic heterocycles. The van der Waals surface area contributed by atoms with Crippen LogP contribution in [-0.4, -0.2) is 18.8 Å². The lowest BCUT2D eigenvalue weighted by Crippen LogP contribution is -2.35. The Hall–Kier alpha value is -0.250. The van der Waals surface area contributed by atoms with E-state index < -0.39 is 12.6 Å². The van der Waals surface area contributed by atoms with Crippen LogP contribution in [0.4, 0.5) is 13.2 Å². The van der Waals surface area contributed by atoms with Crippen LogP contribution in [0.1, 0.15) is 52.9 Å². The van der Waals surface area contributed by atoms with Crippen LogP contribution < -0.4 is 5.32 Å². The minimum absolute atomic E-state index is 0.234. The summed E-state index contributed by atoms with van der Waals surface area (Å²) in [6.07, 6.45) is -1.75. The zero-order valence-corrected chi connectivity index (χ0v) is 10.5. The maximum Gasteiger partial charge on any atom is 0.389 e. The van der Waals surface area contributed by atoms with Crippen molar-refractivity contribution in [1.82, 2.24) is 5.32 Å². The van der Waals surface area contributed by atoms with Crippen molar-refractivity contribution in [2.45, 2.75) is 65.1 Å². The van der Waals surface area contributed by atoms with Crippen molar-refractivity contribution in [2.75, 3.05) is 6.54 Å². The summed E-state index contributed by atoms with van der Waals surface area (Å²) in [6, 6.07) is 0.238. The van der Waals surface area contributed by atoms with E-state index in [1.807, 2.05) is 6.92 Å². The molecule has 0 aromatic carbocycles. The number of hydrogen-bond acceptors (Lipinski definition) is 1. The molecule has 0 aromatic heterocycles. The summed E-state index contributed by atoms with van der Waals surface area (Å²) in [6.45, 7) is 7.02. The van der Waals surface area contributed by atoms with Crippen molar-refractivity contribution in [3.8, 4) is 0 Å². The van der Waals surface area contributed by atoms with Crippen molar-refractivity contribution in [3.05, 3.63) is 0 Å². The lowest BCUT2D eigenvalue weighted by atomic mass is 9.90. The van der Waals surface area contributed by atoms with Gasteiger partial charge in [0.05, 0.1) is 0 Å². The maximum absolute atomic E-state index is 12.0. The SMILES string of the molecule is CCNC(CCCC(F)(F)F)C(CC)CC. The first-order valence-electron chi connectivity index (χ1n) is 6.24. The van der Waals surface area contributed by atoms with Crippen molar-refractivity contribution < 1.29 is 13.2 Å². The van der Waals surface area contributed by atoms with Gasteiger partial charge in [-0.3, -0.25) is 0 Å². The van der Waals surface area contributed by atoms with E-state index in [4.69, 9.17) is 0 Å². The molecule has 0 saturated carbocycles. The molecular formula is C12H24F3N. The second-order valence-electron chi connectivity index (χ2n) is 4.25. The van der Waals surface area contributed by atoms with Crippen molar-refractivity contribution in [2.24, 2.45) is 5.92 Å². The highest BCUT2D eigenvalue weighted by atomic mass is 19.4. The largest absolute Gasteiger partial charge is 0.389 e. The van der Waals surface area contributed by atoms with Gasteiger partial charge in [-0.05, 0) is 25.3 Å². The second-order valence-corrected chi connectivity index (χ2v) is 4.25. The molecule has 1 unspecified atom stereocenters. The molecule has 0 heterocycles. The Labute approximate surface area is 96.8 Å². The van der Waals surface area contributed by atoms with E-state index in [9.17, 15) is 13.2 Å². The first-order chi connectivity index (χ1) is 7.44. The molecule has 0 aliphatic carbocycles. The maximum atomic E-state index is 12.0. The van der Waals surface area contributed by atoms with Crippen molar-refractivity contribution >= 4 is 0 Å². The van der Waals surface area contributed by atoms with Gasteiger partial charge in [0.25, 0.3) is 0 Å². The summed E-state index contributed by atoms with van der Waals surface area (Å²) in [4.78, 5) is 0. The van der Waals surface area contributed by atoms with E-state index >= 15 is 0 Å². The lowest BCUT2D eigenvalue weighted by molar-refractivity contribution is -0.136. The molecule has 0 spiro atoms. The molecule has 0 saturated heterocycles. The van der Waals surface area contributed by atoms with Gasteiger partial charge in [-0.2, -0.15) is 13.2 Å². The van der Waals surface area contributed by atoms with E-state index in [2.05, 4.69) is 19.2 Å². The third-order valence-electron chi connectivity index (χ3n) is 3.06. The fraction of sp³-hybridized carbons (Fsp3) is 1.00. The second kappa shape index (κ2) is 7.93. The van der Waals surface area contributed by atoms with Crippen LogP contribution in [0.3, 0.4) is 0 Å². The Kier molecular flexibility index (Phi) is 7.81. The summed E-state index contributed by atoms with van der Waals surface area (Å²) in [5, 5.41) is 3.30. The van der Waals surface area contributed by atoms with Crippen molar-refractivity contribution in [3.63, 3.8) is 0 Å². The summed E-state index contributed by atoms with van der Waals surface area (Å²) in [5.74, 6) is 0.494. The molecular weight excluding hydrogens is 215 g/mol. The quantitative estimate of drug-likeness (QED) is 0.671. The number of alkyl halides is 3. The molecule has 0 radical (unpaired) electrons. The third-order valence-corrected chi connectivity index (χ3v) is 3.06. The first-order valence-corrected chi connectivity index (χ1v) is 6.24. The van der Waals surface area contributed by atoms with Gasteiger partial charge in [0.1, 0.15) is 0 Å². The van der Waals surface area contributed by atoms with E-state index in [-0.39, 0.29) is 12.5 Å². The van der Waals surface area contributed by atoms with Crippen LogP contribution in [0.2, 0.25) is 0 Å². The van der Waals surface area contributed by atoms with Gasteiger partial charge >= 0.3 is 6.18 Å². The summed E-state index contributed by atoms with van der Waals surface area (Å²) in [5.41, 5.74) is 0. The van der Waals surface area contributed by atoms with E-state index in [0.717, 1.165) is 19.4 Å². The molecule has 0 amide bonds. The molecule has 1 N–H and O–H groups in total. The summed E-state index contributed by atoms with van der Waals surface area (Å²) in [7, 11) is 0. The Balaban J connectivity index is 4.02. The first kappa shape index (κ1) is 15.8. The zero-order valence-electron chi connectivity index (χ0n) is 10.5. The van der Waals surface area contributed by atoms with Crippen LogP contribution >= 0.6 is 0 Å². The van der Waals surface area contributed by atoms with E-state index in [1.165, 1.54) is 0 Å².